The first-order chi connectivity index (χ1) is 17.2. The molecule has 1 atom stereocenters. The van der Waals surface area contributed by atoms with E-state index in [-0.39, 0.29) is 0 Å². The number of aldehydes is 1. The number of hydrogen-bond acceptors (Lipinski definition) is 6. The standard InChI is InChI=1S/C28H32FNO3S.CH5N/c1-6-7-8-24-26(27(30)25(17-31)34-24)21(20-9-10-22(32-4)23(16-20)33-5)15-18(2)19-11-13-28(3,29)14-12-19;1-2/h8-13,15-17H,6-7,14,30H2,1-5H3;2H2,1H3/b18-15+,24-8-,26-21-;. The minimum absolute atomic E-state index is 0.321. The first kappa shape index (κ1) is 29.1. The van der Waals surface area contributed by atoms with Crippen molar-refractivity contribution in [3.63, 3.8) is 0 Å². The van der Waals surface area contributed by atoms with Crippen LogP contribution in [0.15, 0.2) is 53.6 Å². The van der Waals surface area contributed by atoms with E-state index in [2.05, 4.69) is 24.8 Å². The average molecular weight is 513 g/mol. The van der Waals surface area contributed by atoms with Gasteiger partial charge >= 0.3 is 0 Å². The predicted molar refractivity (Wildman–Crippen MR) is 150 cm³/mol. The number of alkyl halides is 1. The highest BCUT2D eigenvalue weighted by molar-refractivity contribution is 7.12. The van der Waals surface area contributed by atoms with E-state index in [1.807, 2.05) is 37.3 Å². The Labute approximate surface area is 217 Å². The summed E-state index contributed by atoms with van der Waals surface area (Å²) in [5.41, 5.74) is 13.8. The summed E-state index contributed by atoms with van der Waals surface area (Å²) in [7, 11) is 4.69. The second-order valence-corrected chi connectivity index (χ2v) is 9.60. The van der Waals surface area contributed by atoms with Crippen LogP contribution in [0.3, 0.4) is 0 Å². The molecule has 1 unspecified atom stereocenters. The SMILES string of the molecule is CCC\C=c1/sc(C=O)c(N)/c1=C(/C=C(\C)C1=CCC(C)(F)C=C1)c1ccc(OC)c(OC)c1.CN. The number of rotatable bonds is 8. The second kappa shape index (κ2) is 13.2. The van der Waals surface area contributed by atoms with Crippen LogP contribution in [0.2, 0.25) is 0 Å². The van der Waals surface area contributed by atoms with Crippen molar-refractivity contribution in [2.75, 3.05) is 27.0 Å². The van der Waals surface area contributed by atoms with Gasteiger partial charge in [-0.25, -0.2) is 4.39 Å². The first-order valence-electron chi connectivity index (χ1n) is 11.9. The Morgan fingerprint density at radius 1 is 1.22 bits per heavy atom. The highest BCUT2D eigenvalue weighted by Gasteiger charge is 2.21. The molecule has 1 aromatic carbocycles. The van der Waals surface area contributed by atoms with Gasteiger partial charge in [-0.15, -0.1) is 11.3 Å². The fourth-order valence-electron chi connectivity index (χ4n) is 3.87. The molecule has 0 spiro atoms. The van der Waals surface area contributed by atoms with Gasteiger partial charge in [0.2, 0.25) is 0 Å². The van der Waals surface area contributed by atoms with E-state index in [0.717, 1.165) is 51.2 Å². The molecule has 1 heterocycles. The number of methoxy groups -OCH3 is 2. The van der Waals surface area contributed by atoms with Crippen LogP contribution < -0.4 is 30.7 Å². The van der Waals surface area contributed by atoms with Crippen molar-refractivity contribution < 1.29 is 18.7 Å². The van der Waals surface area contributed by atoms with Gasteiger partial charge in [0.05, 0.1) is 24.8 Å². The van der Waals surface area contributed by atoms with Crippen LogP contribution in [0.4, 0.5) is 10.1 Å². The van der Waals surface area contributed by atoms with Gasteiger partial charge in [0.25, 0.3) is 0 Å². The summed E-state index contributed by atoms with van der Waals surface area (Å²) >= 11 is 1.40. The molecule has 2 aromatic rings. The molecule has 0 saturated heterocycles. The van der Waals surface area contributed by atoms with Crippen molar-refractivity contribution in [1.29, 1.82) is 0 Å². The lowest BCUT2D eigenvalue weighted by atomic mass is 9.91. The Morgan fingerprint density at radius 3 is 2.47 bits per heavy atom. The average Bonchev–Trinajstić information content (AvgIpc) is 3.21. The van der Waals surface area contributed by atoms with Gasteiger partial charge in [0, 0.05) is 16.2 Å². The number of allylic oxidation sites excluding steroid dienone is 6. The maximum absolute atomic E-state index is 14.3. The van der Waals surface area contributed by atoms with E-state index in [4.69, 9.17) is 15.2 Å². The van der Waals surface area contributed by atoms with Crippen LogP contribution in [0, 0.1) is 0 Å². The largest absolute Gasteiger partial charge is 0.493 e. The van der Waals surface area contributed by atoms with Crippen LogP contribution in [-0.4, -0.2) is 33.2 Å². The van der Waals surface area contributed by atoms with E-state index < -0.39 is 5.67 Å². The Morgan fingerprint density at radius 2 is 1.92 bits per heavy atom. The zero-order valence-corrected chi connectivity index (χ0v) is 22.8. The van der Waals surface area contributed by atoms with E-state index in [1.165, 1.54) is 18.4 Å². The van der Waals surface area contributed by atoms with Crippen molar-refractivity contribution in [3.8, 4) is 11.5 Å². The molecule has 1 aliphatic rings. The molecule has 36 heavy (non-hydrogen) atoms. The fraction of sp³-hybridized carbons (Fsp3) is 0.345. The Hall–Kier alpha value is -3.16. The highest BCUT2D eigenvalue weighted by Crippen LogP contribution is 2.32. The monoisotopic (exact) mass is 512 g/mol. The van der Waals surface area contributed by atoms with Crippen molar-refractivity contribution in [2.24, 2.45) is 5.73 Å². The Balaban J connectivity index is 0.00000222. The van der Waals surface area contributed by atoms with Gasteiger partial charge in [0.1, 0.15) is 5.67 Å². The molecule has 1 aliphatic carbocycles. The maximum atomic E-state index is 14.3. The van der Waals surface area contributed by atoms with Crippen molar-refractivity contribution in [2.45, 2.75) is 45.7 Å². The molecule has 0 saturated carbocycles. The summed E-state index contributed by atoms with van der Waals surface area (Å²) in [4.78, 5) is 12.2. The molecule has 4 N–H and O–H groups in total. The number of nitrogens with two attached hydrogens (primary N) is 2. The first-order valence-corrected chi connectivity index (χ1v) is 12.7. The number of nitrogen functional groups attached to an aromatic ring is 1. The van der Waals surface area contributed by atoms with E-state index in [1.54, 1.807) is 27.2 Å². The maximum Gasteiger partial charge on any atom is 0.162 e. The predicted octanol–water partition coefficient (Wildman–Crippen LogP) is 5.08. The quantitative estimate of drug-likeness (QED) is 0.482. The third kappa shape index (κ3) is 6.74. The van der Waals surface area contributed by atoms with Crippen molar-refractivity contribution in [3.05, 3.63) is 73.8 Å². The third-order valence-corrected chi connectivity index (χ3v) is 6.96. The van der Waals surface area contributed by atoms with Crippen molar-refractivity contribution >= 4 is 35.0 Å². The van der Waals surface area contributed by atoms with Crippen LogP contribution in [-0.2, 0) is 0 Å². The van der Waals surface area contributed by atoms with Crippen LogP contribution in [0.25, 0.3) is 11.6 Å². The molecule has 194 valence electrons. The van der Waals surface area contributed by atoms with Crippen LogP contribution >= 0.6 is 11.3 Å². The molecule has 5 nitrogen and oxygen atoms in total. The molecule has 0 aliphatic heterocycles. The van der Waals surface area contributed by atoms with Gasteiger partial charge in [0.15, 0.2) is 17.8 Å². The van der Waals surface area contributed by atoms with Gasteiger partial charge in [-0.3, -0.25) is 4.79 Å². The molecular weight excluding hydrogens is 475 g/mol. The highest BCUT2D eigenvalue weighted by atomic mass is 32.1. The Bertz CT molecular complexity index is 1290. The summed E-state index contributed by atoms with van der Waals surface area (Å²) < 4.78 is 26.2. The van der Waals surface area contributed by atoms with Gasteiger partial charge in [-0.1, -0.05) is 43.7 Å². The Kier molecular flexibility index (Phi) is 10.7. The summed E-state index contributed by atoms with van der Waals surface area (Å²) in [6.07, 6.45) is 12.5. The normalized spacial score (nSPS) is 18.7. The van der Waals surface area contributed by atoms with Crippen LogP contribution in [0.5, 0.6) is 11.5 Å². The number of thiophene rings is 1. The molecule has 0 radical (unpaired) electrons. The number of carbonyl (C=O) groups is 1. The van der Waals surface area contributed by atoms with Gasteiger partial charge in [-0.2, -0.15) is 0 Å². The summed E-state index contributed by atoms with van der Waals surface area (Å²) in [5.74, 6) is 1.22. The number of ether oxygens (including phenoxy) is 2. The van der Waals surface area contributed by atoms with Gasteiger partial charge in [-0.05, 0) is 67.8 Å². The molecule has 7 heteroatoms. The number of halogens is 1. The number of carbonyl (C=O) groups excluding carboxylic acids is 1. The number of hydrogen-bond donors (Lipinski definition) is 2. The molecule has 1 aromatic heterocycles. The van der Waals surface area contributed by atoms with E-state index in [9.17, 15) is 9.18 Å². The molecule has 0 bridgehead atoms. The third-order valence-electron chi connectivity index (χ3n) is 5.84. The van der Waals surface area contributed by atoms with Crippen LogP contribution in [0.1, 0.15) is 55.3 Å². The zero-order valence-electron chi connectivity index (χ0n) is 22.0. The zero-order chi connectivity index (χ0) is 26.9. The van der Waals surface area contributed by atoms with E-state index >= 15 is 0 Å². The lowest BCUT2D eigenvalue weighted by Crippen LogP contribution is -2.25. The fourth-order valence-corrected chi connectivity index (χ4v) is 4.89. The number of benzene rings is 1. The summed E-state index contributed by atoms with van der Waals surface area (Å²) in [6.45, 7) is 5.67. The molecule has 3 rings (SSSR count). The molecule has 0 amide bonds. The topological polar surface area (TPSA) is 87.6 Å². The lowest BCUT2D eigenvalue weighted by molar-refractivity contribution is 0.112. The number of anilines is 1. The van der Waals surface area contributed by atoms with E-state index in [0.29, 0.717) is 28.5 Å². The minimum atomic E-state index is -1.33. The summed E-state index contributed by atoms with van der Waals surface area (Å²) in [6, 6.07) is 5.71. The summed E-state index contributed by atoms with van der Waals surface area (Å²) in [5, 5.41) is 0.822. The number of unbranched alkanes of at least 4 members (excludes halogenated alkanes) is 1. The second-order valence-electron chi connectivity index (χ2n) is 8.52. The molecular formula is C29H37FN2O3S. The lowest BCUT2D eigenvalue weighted by Gasteiger charge is -2.19. The van der Waals surface area contributed by atoms with Crippen molar-refractivity contribution in [1.82, 2.24) is 0 Å². The van der Waals surface area contributed by atoms with Gasteiger partial charge < -0.3 is 20.9 Å². The molecule has 0 fully saturated rings. The minimum Gasteiger partial charge on any atom is -0.493 e. The smallest absolute Gasteiger partial charge is 0.162 e.